The molecule has 8 heteroatoms. The molecule has 164 valence electrons. The number of nitrogens with zero attached hydrogens (tertiary/aromatic N) is 5. The van der Waals surface area contributed by atoms with Crippen LogP contribution in [0.2, 0.25) is 0 Å². The second-order valence-corrected chi connectivity index (χ2v) is 8.29. The Bertz CT molecular complexity index is 1350. The number of anilines is 1. The van der Waals surface area contributed by atoms with Crippen LogP contribution >= 0.6 is 11.9 Å². The van der Waals surface area contributed by atoms with Gasteiger partial charge in [0.05, 0.1) is 12.2 Å². The Hall–Kier alpha value is -3.75. The highest BCUT2D eigenvalue weighted by molar-refractivity contribution is 7.97. The van der Waals surface area contributed by atoms with Crippen LogP contribution < -0.4 is 10.5 Å². The van der Waals surface area contributed by atoms with E-state index in [0.29, 0.717) is 12.4 Å². The fraction of sp³-hybridized carbons (Fsp3) is 0.120. The zero-order chi connectivity index (χ0) is 22.5. The van der Waals surface area contributed by atoms with Gasteiger partial charge in [-0.2, -0.15) is 0 Å². The summed E-state index contributed by atoms with van der Waals surface area (Å²) in [4.78, 5) is 13.8. The van der Waals surface area contributed by atoms with Crippen LogP contribution in [0.15, 0.2) is 85.5 Å². The molecule has 0 aliphatic rings. The lowest BCUT2D eigenvalue weighted by molar-refractivity contribution is 0.905. The summed E-state index contributed by atoms with van der Waals surface area (Å²) in [6, 6.07) is 20.3. The lowest BCUT2D eigenvalue weighted by atomic mass is 10.1. The Balaban J connectivity index is 1.59. The van der Waals surface area contributed by atoms with Gasteiger partial charge in [0.1, 0.15) is 5.52 Å². The molecule has 4 heterocycles. The summed E-state index contributed by atoms with van der Waals surface area (Å²) in [6.07, 6.45) is 8.27. The molecule has 0 atom stereocenters. The van der Waals surface area contributed by atoms with E-state index < -0.39 is 0 Å². The van der Waals surface area contributed by atoms with Gasteiger partial charge < -0.3 is 5.32 Å². The molecule has 33 heavy (non-hydrogen) atoms. The molecule has 0 saturated carbocycles. The molecule has 5 aromatic rings. The molecule has 1 aromatic carbocycles. The van der Waals surface area contributed by atoms with E-state index in [2.05, 4.69) is 39.6 Å². The number of fused-ring (bicyclic) bond motifs is 1. The maximum atomic E-state index is 5.59. The van der Waals surface area contributed by atoms with Crippen molar-refractivity contribution >= 4 is 23.3 Å². The Morgan fingerprint density at radius 3 is 2.67 bits per heavy atom. The Labute approximate surface area is 196 Å². The monoisotopic (exact) mass is 453 g/mol. The molecule has 0 bridgehead atoms. The maximum absolute atomic E-state index is 5.59. The van der Waals surface area contributed by atoms with E-state index in [1.54, 1.807) is 12.4 Å². The first kappa shape index (κ1) is 21.1. The minimum absolute atomic E-state index is 0.554. The van der Waals surface area contributed by atoms with Gasteiger partial charge in [-0.25, -0.2) is 9.50 Å². The molecule has 0 aliphatic carbocycles. The number of nitrogens with two attached hydrogens (primary N) is 1. The van der Waals surface area contributed by atoms with Crippen LogP contribution in [0.3, 0.4) is 0 Å². The number of hydrogen-bond acceptors (Lipinski definition) is 7. The van der Waals surface area contributed by atoms with Gasteiger partial charge in [-0.1, -0.05) is 48.3 Å². The summed E-state index contributed by atoms with van der Waals surface area (Å²) >= 11 is 1.33. The van der Waals surface area contributed by atoms with Crippen LogP contribution in [0.5, 0.6) is 0 Å². The van der Waals surface area contributed by atoms with Crippen molar-refractivity contribution in [3.8, 4) is 22.5 Å². The predicted octanol–water partition coefficient (Wildman–Crippen LogP) is 4.61. The second kappa shape index (κ2) is 9.81. The minimum Gasteiger partial charge on any atom is -0.363 e. The van der Waals surface area contributed by atoms with Crippen molar-refractivity contribution in [2.45, 2.75) is 13.0 Å². The smallest absolute Gasteiger partial charge is 0.183 e. The van der Waals surface area contributed by atoms with Crippen molar-refractivity contribution < 1.29 is 0 Å². The molecular weight excluding hydrogens is 430 g/mol. The summed E-state index contributed by atoms with van der Waals surface area (Å²) in [7, 11) is 0. The van der Waals surface area contributed by atoms with Crippen LogP contribution in [0, 0.1) is 0 Å². The third kappa shape index (κ3) is 4.72. The van der Waals surface area contributed by atoms with Crippen LogP contribution in [0.25, 0.3) is 28.0 Å². The SMILES string of the molecule is NSCCc1cncc(-c2nc(NCc3ccccn3)c3c(-c4ccccc4)ccn3n2)c1. The molecule has 0 amide bonds. The van der Waals surface area contributed by atoms with Gasteiger partial charge in [0, 0.05) is 41.7 Å². The summed E-state index contributed by atoms with van der Waals surface area (Å²) in [5.74, 6) is 2.19. The van der Waals surface area contributed by atoms with Gasteiger partial charge in [-0.3, -0.25) is 15.1 Å². The molecule has 5 rings (SSSR count). The maximum Gasteiger partial charge on any atom is 0.183 e. The largest absolute Gasteiger partial charge is 0.363 e. The minimum atomic E-state index is 0.554. The van der Waals surface area contributed by atoms with Crippen LogP contribution in [0.1, 0.15) is 11.3 Å². The number of hydrogen-bond donors (Lipinski definition) is 2. The van der Waals surface area contributed by atoms with Gasteiger partial charge in [0.25, 0.3) is 0 Å². The highest BCUT2D eigenvalue weighted by Gasteiger charge is 2.15. The molecule has 7 nitrogen and oxygen atoms in total. The van der Waals surface area contributed by atoms with Crippen LogP contribution in [-0.4, -0.2) is 30.3 Å². The number of aromatic nitrogens is 5. The van der Waals surface area contributed by atoms with Gasteiger partial charge >= 0.3 is 0 Å². The molecule has 0 spiro atoms. The van der Waals surface area contributed by atoms with Crippen molar-refractivity contribution in [3.05, 3.63) is 96.7 Å². The van der Waals surface area contributed by atoms with Gasteiger partial charge in [0.15, 0.2) is 11.6 Å². The third-order valence-electron chi connectivity index (χ3n) is 5.32. The van der Waals surface area contributed by atoms with Crippen molar-refractivity contribution in [1.82, 2.24) is 24.6 Å². The molecule has 4 aromatic heterocycles. The molecule has 3 N–H and O–H groups in total. The van der Waals surface area contributed by atoms with Gasteiger partial charge in [0.2, 0.25) is 0 Å². The molecule has 0 radical (unpaired) electrons. The predicted molar refractivity (Wildman–Crippen MR) is 134 cm³/mol. The highest BCUT2D eigenvalue weighted by Crippen LogP contribution is 2.31. The number of aryl methyl sites for hydroxylation is 1. The molecule has 0 unspecified atom stereocenters. The van der Waals surface area contributed by atoms with Gasteiger partial charge in [-0.05, 0) is 41.8 Å². The molecule has 0 saturated heterocycles. The standard InChI is InChI=1S/C25H23N7S/c26-33-13-10-18-14-20(16-27-15-18)24-30-25(29-17-21-8-4-5-11-28-21)23-22(9-12-32(23)31-24)19-6-2-1-3-7-19/h1-9,11-12,14-16H,10,13,17,26H2,(H,29,30,31). The average Bonchev–Trinajstić information content (AvgIpc) is 3.32. The van der Waals surface area contributed by atoms with E-state index in [4.69, 9.17) is 15.2 Å². The fourth-order valence-electron chi connectivity index (χ4n) is 3.72. The normalized spacial score (nSPS) is 11.1. The summed E-state index contributed by atoms with van der Waals surface area (Å²) < 4.78 is 1.88. The molecular formula is C25H23N7S. The van der Waals surface area contributed by atoms with Crippen molar-refractivity contribution in [1.29, 1.82) is 0 Å². The Kier molecular flexibility index (Phi) is 6.27. The number of benzene rings is 1. The second-order valence-electron chi connectivity index (χ2n) is 7.55. The first-order chi connectivity index (χ1) is 16.3. The number of pyridine rings is 2. The number of rotatable bonds is 8. The van der Waals surface area contributed by atoms with Gasteiger partial charge in [-0.15, -0.1) is 5.10 Å². The van der Waals surface area contributed by atoms with Crippen molar-refractivity contribution in [3.63, 3.8) is 0 Å². The lowest BCUT2D eigenvalue weighted by Gasteiger charge is -2.12. The van der Waals surface area contributed by atoms with Crippen LogP contribution in [0.4, 0.5) is 5.82 Å². The Morgan fingerprint density at radius 2 is 1.85 bits per heavy atom. The average molecular weight is 454 g/mol. The zero-order valence-corrected chi connectivity index (χ0v) is 18.7. The first-order valence-corrected chi connectivity index (χ1v) is 11.7. The van der Waals surface area contributed by atoms with E-state index in [1.165, 1.54) is 11.9 Å². The Morgan fingerprint density at radius 1 is 0.970 bits per heavy atom. The lowest BCUT2D eigenvalue weighted by Crippen LogP contribution is -2.08. The molecule has 0 fully saturated rings. The van der Waals surface area contributed by atoms with Crippen molar-refractivity contribution in [2.24, 2.45) is 5.14 Å². The van der Waals surface area contributed by atoms with E-state index in [9.17, 15) is 0 Å². The summed E-state index contributed by atoms with van der Waals surface area (Å²) in [5, 5.41) is 13.9. The van der Waals surface area contributed by atoms with Crippen molar-refractivity contribution in [2.75, 3.05) is 11.1 Å². The summed E-state index contributed by atoms with van der Waals surface area (Å²) in [6.45, 7) is 0.554. The topological polar surface area (TPSA) is 94.0 Å². The van der Waals surface area contributed by atoms with Crippen LogP contribution in [-0.2, 0) is 13.0 Å². The quantitative estimate of drug-likeness (QED) is 0.331. The van der Waals surface area contributed by atoms with E-state index in [0.717, 1.165) is 51.5 Å². The van der Waals surface area contributed by atoms with E-state index in [-0.39, 0.29) is 0 Å². The highest BCUT2D eigenvalue weighted by atomic mass is 32.2. The third-order valence-corrected chi connectivity index (χ3v) is 5.76. The summed E-state index contributed by atoms with van der Waals surface area (Å²) in [5.41, 5.74) is 6.01. The van der Waals surface area contributed by atoms with E-state index in [1.807, 2.05) is 53.3 Å². The first-order valence-electron chi connectivity index (χ1n) is 10.7. The zero-order valence-electron chi connectivity index (χ0n) is 17.9. The number of nitrogens with one attached hydrogen (secondary N) is 1. The molecule has 0 aliphatic heterocycles. The van der Waals surface area contributed by atoms with E-state index >= 15 is 0 Å². The fourth-order valence-corrected chi connectivity index (χ4v) is 4.07.